The summed E-state index contributed by atoms with van der Waals surface area (Å²) in [5.74, 6) is 1.23. The number of hydrazone groups is 1. The Kier molecular flexibility index (Phi) is 8.06. The van der Waals surface area contributed by atoms with E-state index in [1.807, 2.05) is 30.3 Å². The molecule has 0 saturated carbocycles. The van der Waals surface area contributed by atoms with Crippen LogP contribution in [0.1, 0.15) is 24.2 Å². The van der Waals surface area contributed by atoms with Crippen molar-refractivity contribution in [2.75, 3.05) is 28.9 Å². The summed E-state index contributed by atoms with van der Waals surface area (Å²) in [6.45, 7) is 2.03. The maximum atomic E-state index is 11.7. The van der Waals surface area contributed by atoms with E-state index in [0.717, 1.165) is 16.8 Å². The van der Waals surface area contributed by atoms with Gasteiger partial charge in [0, 0.05) is 36.9 Å². The van der Waals surface area contributed by atoms with Crippen LogP contribution in [-0.2, 0) is 9.84 Å². The molecule has 0 amide bonds. The number of hydrogen-bond donors (Lipinski definition) is 4. The summed E-state index contributed by atoms with van der Waals surface area (Å²) in [4.78, 5) is 13.2. The van der Waals surface area contributed by atoms with Crippen LogP contribution in [0.5, 0.6) is 0 Å². The van der Waals surface area contributed by atoms with E-state index in [-0.39, 0.29) is 11.4 Å². The lowest BCUT2D eigenvalue weighted by Gasteiger charge is -2.14. The standard InChI is InChI=1S/C26H27N7O3S/c1-18(19-8-10-22(11-9-19)37(2,35)36)32-33-25-16-24(28-17-23(34)20-12-14-27-15-13-20)30-26(31-25)29-21-6-4-3-5-7-21/h3-16,23,34H,17H2,1-2H3,(H3,28,29,30,31,33). The third-order valence-electron chi connectivity index (χ3n) is 5.36. The van der Waals surface area contributed by atoms with Gasteiger partial charge in [0.15, 0.2) is 15.7 Å². The molecule has 37 heavy (non-hydrogen) atoms. The Morgan fingerprint density at radius 2 is 1.65 bits per heavy atom. The molecule has 0 radical (unpaired) electrons. The van der Waals surface area contributed by atoms with E-state index >= 15 is 0 Å². The zero-order valence-corrected chi connectivity index (χ0v) is 21.1. The molecule has 11 heteroatoms. The second-order valence-electron chi connectivity index (χ2n) is 8.24. The Morgan fingerprint density at radius 1 is 0.973 bits per heavy atom. The van der Waals surface area contributed by atoms with Crippen LogP contribution in [0.15, 0.2) is 95.2 Å². The average Bonchev–Trinajstić information content (AvgIpc) is 2.91. The van der Waals surface area contributed by atoms with Gasteiger partial charge in [-0.25, -0.2) is 8.42 Å². The van der Waals surface area contributed by atoms with Crippen LogP contribution in [0.3, 0.4) is 0 Å². The molecule has 4 N–H and O–H groups in total. The number of nitrogens with zero attached hydrogens (tertiary/aromatic N) is 4. The molecule has 2 aromatic carbocycles. The summed E-state index contributed by atoms with van der Waals surface area (Å²) < 4.78 is 23.4. The maximum absolute atomic E-state index is 11.7. The Bertz CT molecular complexity index is 1460. The van der Waals surface area contributed by atoms with Crippen molar-refractivity contribution in [3.63, 3.8) is 0 Å². The summed E-state index contributed by atoms with van der Waals surface area (Å²) in [7, 11) is -3.27. The van der Waals surface area contributed by atoms with Crippen LogP contribution in [0.25, 0.3) is 0 Å². The molecule has 4 aromatic rings. The van der Waals surface area contributed by atoms with Gasteiger partial charge >= 0.3 is 0 Å². The van der Waals surface area contributed by atoms with E-state index in [9.17, 15) is 13.5 Å². The Hall–Kier alpha value is -4.35. The SMILES string of the molecule is CC(=NNc1cc(NCC(O)c2ccncc2)nc(Nc2ccccc2)n1)c1ccc(S(C)(=O)=O)cc1. The summed E-state index contributed by atoms with van der Waals surface area (Å²) in [5.41, 5.74) is 5.89. The zero-order chi connectivity index (χ0) is 26.3. The van der Waals surface area contributed by atoms with E-state index in [4.69, 9.17) is 0 Å². The van der Waals surface area contributed by atoms with Gasteiger partial charge in [0.1, 0.15) is 5.82 Å². The van der Waals surface area contributed by atoms with Crippen LogP contribution in [0, 0.1) is 0 Å². The topological polar surface area (TPSA) is 141 Å². The highest BCUT2D eigenvalue weighted by Crippen LogP contribution is 2.20. The monoisotopic (exact) mass is 517 g/mol. The molecule has 0 saturated heterocycles. The molecule has 0 aliphatic rings. The zero-order valence-electron chi connectivity index (χ0n) is 20.3. The Balaban J connectivity index is 1.54. The molecular weight excluding hydrogens is 490 g/mol. The summed E-state index contributed by atoms with van der Waals surface area (Å²) >= 11 is 0. The lowest BCUT2D eigenvalue weighted by Crippen LogP contribution is -2.14. The first-order valence-corrected chi connectivity index (χ1v) is 13.3. The molecule has 1 unspecified atom stereocenters. The maximum Gasteiger partial charge on any atom is 0.231 e. The van der Waals surface area contributed by atoms with Gasteiger partial charge in [-0.15, -0.1) is 0 Å². The van der Waals surface area contributed by atoms with Gasteiger partial charge in [-0.1, -0.05) is 30.3 Å². The summed E-state index contributed by atoms with van der Waals surface area (Å²) in [6.07, 6.45) is 3.67. The number of pyridine rings is 1. The smallest absolute Gasteiger partial charge is 0.231 e. The Labute approximate surface area is 215 Å². The second kappa shape index (κ2) is 11.6. The van der Waals surface area contributed by atoms with Crippen LogP contribution in [0.2, 0.25) is 0 Å². The van der Waals surface area contributed by atoms with E-state index in [1.165, 1.54) is 6.26 Å². The predicted octanol–water partition coefficient (Wildman–Crippen LogP) is 4.00. The molecule has 1 atom stereocenters. The fourth-order valence-electron chi connectivity index (χ4n) is 3.36. The van der Waals surface area contributed by atoms with Crippen LogP contribution in [0.4, 0.5) is 23.3 Å². The van der Waals surface area contributed by atoms with Gasteiger partial charge < -0.3 is 15.7 Å². The van der Waals surface area contributed by atoms with Gasteiger partial charge in [-0.05, 0) is 54.4 Å². The molecule has 0 aliphatic heterocycles. The third-order valence-corrected chi connectivity index (χ3v) is 6.49. The quantitative estimate of drug-likeness (QED) is 0.181. The predicted molar refractivity (Wildman–Crippen MR) is 145 cm³/mol. The molecule has 0 spiro atoms. The highest BCUT2D eigenvalue weighted by Gasteiger charge is 2.11. The van der Waals surface area contributed by atoms with Gasteiger partial charge in [-0.3, -0.25) is 10.4 Å². The molecule has 0 aliphatic carbocycles. The van der Waals surface area contributed by atoms with Gasteiger partial charge in [0.05, 0.1) is 16.7 Å². The minimum absolute atomic E-state index is 0.222. The first-order chi connectivity index (χ1) is 17.8. The van der Waals surface area contributed by atoms with Crippen molar-refractivity contribution in [2.45, 2.75) is 17.9 Å². The Morgan fingerprint density at radius 3 is 2.32 bits per heavy atom. The van der Waals surface area contributed by atoms with Crippen molar-refractivity contribution in [2.24, 2.45) is 5.10 Å². The first-order valence-electron chi connectivity index (χ1n) is 11.4. The van der Waals surface area contributed by atoms with E-state index in [0.29, 0.717) is 23.3 Å². The molecule has 10 nitrogen and oxygen atoms in total. The van der Waals surface area contributed by atoms with Gasteiger partial charge in [-0.2, -0.15) is 15.1 Å². The van der Waals surface area contributed by atoms with Crippen molar-refractivity contribution in [1.29, 1.82) is 0 Å². The lowest BCUT2D eigenvalue weighted by atomic mass is 10.1. The number of benzene rings is 2. The van der Waals surface area contributed by atoms with Gasteiger partial charge in [0.2, 0.25) is 5.95 Å². The number of anilines is 4. The molecule has 4 rings (SSSR count). The number of nitrogens with one attached hydrogen (secondary N) is 3. The molecule has 2 aromatic heterocycles. The summed E-state index contributed by atoms with van der Waals surface area (Å²) in [5, 5.41) is 21.2. The first kappa shape index (κ1) is 25.7. The second-order valence-corrected chi connectivity index (χ2v) is 10.3. The number of para-hydroxylation sites is 1. The van der Waals surface area contributed by atoms with Crippen LogP contribution in [-0.4, -0.2) is 47.0 Å². The number of aliphatic hydroxyl groups excluding tert-OH is 1. The number of aromatic nitrogens is 3. The van der Waals surface area contributed by atoms with Crippen molar-refractivity contribution in [3.8, 4) is 0 Å². The number of sulfone groups is 1. The van der Waals surface area contributed by atoms with Crippen molar-refractivity contribution in [3.05, 3.63) is 96.3 Å². The van der Waals surface area contributed by atoms with E-state index < -0.39 is 15.9 Å². The minimum atomic E-state index is -3.27. The number of hydrogen-bond acceptors (Lipinski definition) is 10. The summed E-state index contributed by atoms with van der Waals surface area (Å²) in [6, 6.07) is 21.2. The van der Waals surface area contributed by atoms with E-state index in [2.05, 4.69) is 36.1 Å². The fourth-order valence-corrected chi connectivity index (χ4v) is 3.99. The highest BCUT2D eigenvalue weighted by molar-refractivity contribution is 7.90. The van der Waals surface area contributed by atoms with Crippen LogP contribution >= 0.6 is 0 Å². The molecule has 0 fully saturated rings. The number of rotatable bonds is 10. The van der Waals surface area contributed by atoms with Crippen molar-refractivity contribution >= 4 is 38.8 Å². The van der Waals surface area contributed by atoms with Crippen LogP contribution < -0.4 is 16.1 Å². The average molecular weight is 518 g/mol. The third kappa shape index (κ3) is 7.32. The fraction of sp³-hybridized carbons (Fsp3) is 0.154. The van der Waals surface area contributed by atoms with Crippen molar-refractivity contribution in [1.82, 2.24) is 15.0 Å². The normalized spacial score (nSPS) is 12.6. The van der Waals surface area contributed by atoms with E-state index in [1.54, 1.807) is 61.8 Å². The largest absolute Gasteiger partial charge is 0.387 e. The molecular formula is C26H27N7O3S. The highest BCUT2D eigenvalue weighted by atomic mass is 32.2. The molecule has 0 bridgehead atoms. The minimum Gasteiger partial charge on any atom is -0.387 e. The van der Waals surface area contributed by atoms with Crippen molar-refractivity contribution < 1.29 is 13.5 Å². The molecule has 2 heterocycles. The number of aliphatic hydroxyl groups is 1. The van der Waals surface area contributed by atoms with Gasteiger partial charge in [0.25, 0.3) is 0 Å². The lowest BCUT2D eigenvalue weighted by molar-refractivity contribution is 0.191. The molecule has 190 valence electrons.